The van der Waals surface area contributed by atoms with Gasteiger partial charge in [-0.1, -0.05) is 36.4 Å². The summed E-state index contributed by atoms with van der Waals surface area (Å²) in [5.74, 6) is -0.714. The van der Waals surface area contributed by atoms with Crippen LogP contribution in [0.25, 0.3) is 0 Å². The van der Waals surface area contributed by atoms with Crippen LogP contribution in [0.1, 0.15) is 26.9 Å². The van der Waals surface area contributed by atoms with Crippen LogP contribution in [0.3, 0.4) is 0 Å². The Labute approximate surface area is 122 Å². The molecule has 0 saturated carbocycles. The Balaban J connectivity index is 1.97. The number of carbonyl (C=O) groups is 1. The number of amides is 1. The predicted molar refractivity (Wildman–Crippen MR) is 78.5 cm³/mol. The minimum absolute atomic E-state index is 0.292. The molecule has 2 nitrogen and oxygen atoms in total. The molecule has 0 fully saturated rings. The van der Waals surface area contributed by atoms with Crippen molar-refractivity contribution in [2.24, 2.45) is 0 Å². The molecule has 0 heterocycles. The minimum atomic E-state index is -0.386. The van der Waals surface area contributed by atoms with Gasteiger partial charge in [-0.3, -0.25) is 4.79 Å². The fourth-order valence-electron chi connectivity index (χ4n) is 1.80. The van der Waals surface area contributed by atoms with Crippen LogP contribution in [0.15, 0.2) is 48.5 Å². The maximum Gasteiger partial charge on any atom is 0.251 e. The molecule has 1 amide bonds. The van der Waals surface area contributed by atoms with E-state index < -0.39 is 0 Å². The standard InChI is InChI=1S/C16H15ClFNO/c1-11-7-8-13(9-15(11)18)16(20)19-10-14(17)12-5-3-2-4-6-12/h2-9,14H,10H2,1H3,(H,19,20). The van der Waals surface area contributed by atoms with Crippen molar-refractivity contribution < 1.29 is 9.18 Å². The molecule has 20 heavy (non-hydrogen) atoms. The summed E-state index contributed by atoms with van der Waals surface area (Å²) in [4.78, 5) is 11.9. The number of hydrogen-bond donors (Lipinski definition) is 1. The molecular formula is C16H15ClFNO. The normalized spacial score (nSPS) is 11.9. The molecule has 0 saturated heterocycles. The fourth-order valence-corrected chi connectivity index (χ4v) is 2.02. The Kier molecular flexibility index (Phi) is 4.74. The molecule has 0 aliphatic carbocycles. The molecule has 2 aromatic carbocycles. The molecule has 0 aliphatic heterocycles. The average Bonchev–Trinajstić information content (AvgIpc) is 2.48. The Morgan fingerprint density at radius 3 is 2.60 bits per heavy atom. The third kappa shape index (κ3) is 3.58. The SMILES string of the molecule is Cc1ccc(C(=O)NCC(Cl)c2ccccc2)cc1F. The van der Waals surface area contributed by atoms with E-state index in [1.807, 2.05) is 30.3 Å². The van der Waals surface area contributed by atoms with Crippen LogP contribution >= 0.6 is 11.6 Å². The number of rotatable bonds is 4. The molecule has 1 atom stereocenters. The third-order valence-corrected chi connectivity index (χ3v) is 3.44. The van der Waals surface area contributed by atoms with Gasteiger partial charge >= 0.3 is 0 Å². The van der Waals surface area contributed by atoms with Gasteiger partial charge in [0.2, 0.25) is 0 Å². The Bertz CT molecular complexity index is 601. The van der Waals surface area contributed by atoms with E-state index in [2.05, 4.69) is 5.32 Å². The van der Waals surface area contributed by atoms with Crippen LogP contribution < -0.4 is 5.32 Å². The lowest BCUT2D eigenvalue weighted by Gasteiger charge is -2.11. The van der Waals surface area contributed by atoms with Gasteiger partial charge in [0.25, 0.3) is 5.91 Å². The summed E-state index contributed by atoms with van der Waals surface area (Å²) < 4.78 is 13.4. The van der Waals surface area contributed by atoms with Crippen molar-refractivity contribution >= 4 is 17.5 Å². The highest BCUT2D eigenvalue weighted by atomic mass is 35.5. The second kappa shape index (κ2) is 6.53. The van der Waals surface area contributed by atoms with Crippen LogP contribution in [0.4, 0.5) is 4.39 Å². The minimum Gasteiger partial charge on any atom is -0.350 e. The van der Waals surface area contributed by atoms with Crippen LogP contribution in [0, 0.1) is 12.7 Å². The van der Waals surface area contributed by atoms with Gasteiger partial charge < -0.3 is 5.32 Å². The zero-order chi connectivity index (χ0) is 14.5. The van der Waals surface area contributed by atoms with Crippen LogP contribution in [-0.4, -0.2) is 12.5 Å². The monoisotopic (exact) mass is 291 g/mol. The summed E-state index contributed by atoms with van der Waals surface area (Å²) in [5, 5.41) is 2.40. The Hall–Kier alpha value is -1.87. The summed E-state index contributed by atoms with van der Waals surface area (Å²) in [6.07, 6.45) is 0. The molecule has 2 rings (SSSR count). The van der Waals surface area contributed by atoms with Gasteiger partial charge in [-0.2, -0.15) is 0 Å². The zero-order valence-electron chi connectivity index (χ0n) is 11.1. The van der Waals surface area contributed by atoms with E-state index in [1.54, 1.807) is 19.1 Å². The summed E-state index contributed by atoms with van der Waals surface area (Å²) in [7, 11) is 0. The molecule has 0 radical (unpaired) electrons. The molecule has 0 aliphatic rings. The van der Waals surface area contributed by atoms with Crippen molar-refractivity contribution in [2.75, 3.05) is 6.54 Å². The molecule has 104 valence electrons. The number of aryl methyl sites for hydroxylation is 1. The second-order valence-electron chi connectivity index (χ2n) is 4.55. The highest BCUT2D eigenvalue weighted by Crippen LogP contribution is 2.19. The topological polar surface area (TPSA) is 29.1 Å². The molecule has 0 aromatic heterocycles. The molecule has 0 bridgehead atoms. The third-order valence-electron chi connectivity index (χ3n) is 3.04. The van der Waals surface area contributed by atoms with Crippen molar-refractivity contribution in [2.45, 2.75) is 12.3 Å². The van der Waals surface area contributed by atoms with Gasteiger partial charge in [0.15, 0.2) is 0 Å². The van der Waals surface area contributed by atoms with Gasteiger partial charge in [-0.25, -0.2) is 4.39 Å². The zero-order valence-corrected chi connectivity index (χ0v) is 11.8. The van der Waals surface area contributed by atoms with E-state index in [0.717, 1.165) is 5.56 Å². The number of halogens is 2. The summed E-state index contributed by atoms with van der Waals surface area (Å²) in [5.41, 5.74) is 1.75. The maximum atomic E-state index is 13.4. The van der Waals surface area contributed by atoms with Gasteiger partial charge in [0, 0.05) is 12.1 Å². The number of benzene rings is 2. The number of nitrogens with one attached hydrogen (secondary N) is 1. The summed E-state index contributed by atoms with van der Waals surface area (Å²) in [6, 6.07) is 13.9. The number of hydrogen-bond acceptors (Lipinski definition) is 1. The van der Waals surface area contributed by atoms with Crippen LogP contribution in [0.5, 0.6) is 0 Å². The molecule has 4 heteroatoms. The maximum absolute atomic E-state index is 13.4. The molecule has 1 N–H and O–H groups in total. The van der Waals surface area contributed by atoms with E-state index in [9.17, 15) is 9.18 Å². The van der Waals surface area contributed by atoms with E-state index in [1.165, 1.54) is 6.07 Å². The van der Waals surface area contributed by atoms with E-state index in [-0.39, 0.29) is 17.1 Å². The molecule has 0 spiro atoms. The first-order chi connectivity index (χ1) is 9.58. The lowest BCUT2D eigenvalue weighted by molar-refractivity contribution is 0.0953. The predicted octanol–water partition coefficient (Wildman–Crippen LogP) is 3.84. The molecular weight excluding hydrogens is 277 g/mol. The van der Waals surface area contributed by atoms with Crippen molar-refractivity contribution in [3.63, 3.8) is 0 Å². The highest BCUT2D eigenvalue weighted by Gasteiger charge is 2.11. The summed E-state index contributed by atoms with van der Waals surface area (Å²) in [6.45, 7) is 1.95. The summed E-state index contributed by atoms with van der Waals surface area (Å²) >= 11 is 6.21. The van der Waals surface area contributed by atoms with Crippen LogP contribution in [-0.2, 0) is 0 Å². The molecule has 1 unspecified atom stereocenters. The van der Waals surface area contributed by atoms with Gasteiger partial charge in [0.05, 0.1) is 5.38 Å². The van der Waals surface area contributed by atoms with Crippen molar-refractivity contribution in [1.29, 1.82) is 0 Å². The smallest absolute Gasteiger partial charge is 0.251 e. The van der Waals surface area contributed by atoms with Crippen molar-refractivity contribution in [1.82, 2.24) is 5.32 Å². The quantitative estimate of drug-likeness (QED) is 0.852. The lowest BCUT2D eigenvalue weighted by atomic mass is 10.1. The lowest BCUT2D eigenvalue weighted by Crippen LogP contribution is -2.27. The van der Waals surface area contributed by atoms with Crippen LogP contribution in [0.2, 0.25) is 0 Å². The Morgan fingerprint density at radius 1 is 1.25 bits per heavy atom. The first-order valence-electron chi connectivity index (χ1n) is 6.31. The van der Waals surface area contributed by atoms with Gasteiger partial charge in [0.1, 0.15) is 5.82 Å². The fraction of sp³-hybridized carbons (Fsp3) is 0.188. The highest BCUT2D eigenvalue weighted by molar-refractivity contribution is 6.21. The Morgan fingerprint density at radius 2 is 1.95 bits per heavy atom. The van der Waals surface area contributed by atoms with E-state index >= 15 is 0 Å². The van der Waals surface area contributed by atoms with Gasteiger partial charge in [-0.05, 0) is 30.2 Å². The first kappa shape index (κ1) is 14.5. The first-order valence-corrected chi connectivity index (χ1v) is 6.75. The number of alkyl halides is 1. The average molecular weight is 292 g/mol. The van der Waals surface area contributed by atoms with Crippen molar-refractivity contribution in [3.05, 3.63) is 71.0 Å². The van der Waals surface area contributed by atoms with Gasteiger partial charge in [-0.15, -0.1) is 11.6 Å². The van der Waals surface area contributed by atoms with E-state index in [0.29, 0.717) is 17.7 Å². The van der Waals surface area contributed by atoms with E-state index in [4.69, 9.17) is 11.6 Å². The van der Waals surface area contributed by atoms with Crippen molar-refractivity contribution in [3.8, 4) is 0 Å². The largest absolute Gasteiger partial charge is 0.350 e. The molecule has 2 aromatic rings. The second-order valence-corrected chi connectivity index (χ2v) is 5.08. The number of carbonyl (C=O) groups excluding carboxylic acids is 1.